The first-order valence-electron chi connectivity index (χ1n) is 8.30. The molecule has 0 aromatic heterocycles. The summed E-state index contributed by atoms with van der Waals surface area (Å²) in [4.78, 5) is 0. The minimum absolute atomic E-state index is 0. The van der Waals surface area contributed by atoms with Gasteiger partial charge in [0.05, 0.1) is 13.2 Å². The van der Waals surface area contributed by atoms with Crippen LogP contribution in [-0.2, 0) is 10.8 Å². The fourth-order valence-corrected chi connectivity index (χ4v) is 2.11. The van der Waals surface area contributed by atoms with Gasteiger partial charge in [-0.15, -0.1) is 0 Å². The Bertz CT molecular complexity index is 201. The van der Waals surface area contributed by atoms with Gasteiger partial charge in [-0.1, -0.05) is 51.9 Å². The third-order valence-electron chi connectivity index (χ3n) is 2.71. The fourth-order valence-electron chi connectivity index (χ4n) is 1.50. The average molecular weight is 361 g/mol. The predicted molar refractivity (Wildman–Crippen MR) is 98.1 cm³/mol. The first-order valence-corrected chi connectivity index (χ1v) is 10.0. The third kappa shape index (κ3) is 44.9. The SMILES string of the molecule is CCCCCCCCCCS(C)=O.CCO.O.OCC(O)CO. The van der Waals surface area contributed by atoms with Gasteiger partial charge in [0.2, 0.25) is 0 Å². The first-order chi connectivity index (χ1) is 10.5. The molecule has 1 unspecified atom stereocenters. The molecule has 0 amide bonds. The molecule has 23 heavy (non-hydrogen) atoms. The van der Waals surface area contributed by atoms with Gasteiger partial charge >= 0.3 is 0 Å². The monoisotopic (exact) mass is 360 g/mol. The van der Waals surface area contributed by atoms with Crippen molar-refractivity contribution in [3.63, 3.8) is 0 Å². The minimum Gasteiger partial charge on any atom is -0.412 e. The zero-order valence-electron chi connectivity index (χ0n) is 15.2. The molecule has 0 radical (unpaired) electrons. The largest absolute Gasteiger partial charge is 0.412 e. The summed E-state index contributed by atoms with van der Waals surface area (Å²) in [6.07, 6.45) is 11.5. The van der Waals surface area contributed by atoms with E-state index >= 15 is 0 Å². The average Bonchev–Trinajstić information content (AvgIpc) is 2.50. The van der Waals surface area contributed by atoms with Gasteiger partial charge in [0.1, 0.15) is 6.10 Å². The van der Waals surface area contributed by atoms with Crippen LogP contribution in [0.3, 0.4) is 0 Å². The lowest BCUT2D eigenvalue weighted by atomic mass is 10.1. The van der Waals surface area contributed by atoms with E-state index in [4.69, 9.17) is 20.4 Å². The summed E-state index contributed by atoms with van der Waals surface area (Å²) in [7, 11) is -0.576. The van der Waals surface area contributed by atoms with E-state index in [1.165, 1.54) is 44.9 Å². The van der Waals surface area contributed by atoms with Gasteiger partial charge in [-0.25, -0.2) is 0 Å². The molecule has 0 bridgehead atoms. The van der Waals surface area contributed by atoms with Crippen LogP contribution in [0.4, 0.5) is 0 Å². The van der Waals surface area contributed by atoms with Crippen LogP contribution >= 0.6 is 0 Å². The highest BCUT2D eigenvalue weighted by atomic mass is 32.2. The Labute approximate surface area is 144 Å². The molecule has 0 aliphatic rings. The van der Waals surface area contributed by atoms with Gasteiger partial charge in [0, 0.05) is 29.4 Å². The van der Waals surface area contributed by atoms with E-state index in [-0.39, 0.29) is 25.3 Å². The Morgan fingerprint density at radius 1 is 0.826 bits per heavy atom. The van der Waals surface area contributed by atoms with E-state index in [2.05, 4.69) is 6.92 Å². The molecule has 0 saturated carbocycles. The number of hydrogen-bond acceptors (Lipinski definition) is 5. The van der Waals surface area contributed by atoms with Gasteiger partial charge < -0.3 is 25.9 Å². The number of aliphatic hydroxyl groups is 4. The highest BCUT2D eigenvalue weighted by Gasteiger charge is 1.94. The summed E-state index contributed by atoms with van der Waals surface area (Å²) < 4.78 is 10.7. The van der Waals surface area contributed by atoms with Gasteiger partial charge in [-0.2, -0.15) is 0 Å². The van der Waals surface area contributed by atoms with E-state index in [0.717, 1.165) is 12.2 Å². The zero-order chi connectivity index (χ0) is 17.6. The molecule has 6 nitrogen and oxygen atoms in total. The van der Waals surface area contributed by atoms with Crippen LogP contribution in [0.15, 0.2) is 0 Å². The summed E-state index contributed by atoms with van der Waals surface area (Å²) in [6.45, 7) is 3.45. The highest BCUT2D eigenvalue weighted by molar-refractivity contribution is 7.84. The quantitative estimate of drug-likeness (QED) is 0.409. The molecule has 0 fully saturated rings. The second kappa shape index (κ2) is 29.9. The summed E-state index contributed by atoms with van der Waals surface area (Å²) in [5, 5.41) is 31.6. The predicted octanol–water partition coefficient (Wildman–Crippen LogP) is 1.01. The van der Waals surface area contributed by atoms with Gasteiger partial charge in [0.15, 0.2) is 0 Å². The van der Waals surface area contributed by atoms with Crippen LogP contribution in [0, 0.1) is 0 Å². The molecule has 0 heterocycles. The normalized spacial score (nSPS) is 10.8. The summed E-state index contributed by atoms with van der Waals surface area (Å²) in [6, 6.07) is 0. The third-order valence-corrected chi connectivity index (χ3v) is 3.57. The van der Waals surface area contributed by atoms with E-state index in [9.17, 15) is 4.21 Å². The van der Waals surface area contributed by atoms with Crippen molar-refractivity contribution in [2.24, 2.45) is 0 Å². The van der Waals surface area contributed by atoms with Crippen molar-refractivity contribution in [3.05, 3.63) is 0 Å². The molecule has 0 aliphatic heterocycles. The Hall–Kier alpha value is -0.0500. The molecule has 0 spiro atoms. The summed E-state index contributed by atoms with van der Waals surface area (Å²) in [5.74, 6) is 0.898. The van der Waals surface area contributed by atoms with Gasteiger partial charge in [-0.05, 0) is 13.3 Å². The first kappa shape index (κ1) is 30.8. The van der Waals surface area contributed by atoms with Crippen LogP contribution in [0.25, 0.3) is 0 Å². The van der Waals surface area contributed by atoms with Crippen molar-refractivity contribution in [2.75, 3.05) is 31.8 Å². The molecule has 0 aliphatic carbocycles. The molecule has 1 atom stereocenters. The zero-order valence-corrected chi connectivity index (χ0v) is 16.0. The molecule has 0 aromatic carbocycles. The molecule has 0 rings (SSSR count). The number of hydrogen-bond donors (Lipinski definition) is 4. The summed E-state index contributed by atoms with van der Waals surface area (Å²) in [5.41, 5.74) is 0. The van der Waals surface area contributed by atoms with E-state index in [0.29, 0.717) is 0 Å². The number of aliphatic hydroxyl groups excluding tert-OH is 4. The van der Waals surface area contributed by atoms with Crippen molar-refractivity contribution >= 4 is 10.8 Å². The van der Waals surface area contributed by atoms with Crippen molar-refractivity contribution in [1.82, 2.24) is 0 Å². The Morgan fingerprint density at radius 2 is 1.17 bits per heavy atom. The van der Waals surface area contributed by atoms with E-state index in [1.54, 1.807) is 13.2 Å². The van der Waals surface area contributed by atoms with Crippen molar-refractivity contribution in [2.45, 2.75) is 71.3 Å². The standard InChI is InChI=1S/C11H24OS.C3H8O3.C2H6O.H2O/c1-3-4-5-6-7-8-9-10-11-13(2)12;4-1-3(6)2-5;1-2-3;/h3-11H2,1-2H3;3-6H,1-2H2;3H,2H2,1H3;1H2. The van der Waals surface area contributed by atoms with Crippen molar-refractivity contribution in [1.29, 1.82) is 0 Å². The highest BCUT2D eigenvalue weighted by Crippen LogP contribution is 2.08. The Kier molecular flexibility index (Phi) is 40.0. The molecule has 7 heteroatoms. The van der Waals surface area contributed by atoms with Crippen molar-refractivity contribution < 1.29 is 30.1 Å². The minimum atomic E-state index is -0.954. The molecular formula is C16H40O6S. The molecule has 146 valence electrons. The lowest BCUT2D eigenvalue weighted by molar-refractivity contribution is 0.0450. The summed E-state index contributed by atoms with van der Waals surface area (Å²) >= 11 is 0. The van der Waals surface area contributed by atoms with E-state index in [1.807, 2.05) is 0 Å². The lowest BCUT2D eigenvalue weighted by Crippen LogP contribution is -2.15. The van der Waals surface area contributed by atoms with Gasteiger partial charge in [-0.3, -0.25) is 4.21 Å². The maximum absolute atomic E-state index is 10.7. The molecule has 0 saturated heterocycles. The molecule has 6 N–H and O–H groups in total. The fraction of sp³-hybridized carbons (Fsp3) is 1.00. The van der Waals surface area contributed by atoms with Crippen LogP contribution < -0.4 is 0 Å². The maximum atomic E-state index is 10.7. The van der Waals surface area contributed by atoms with Crippen LogP contribution in [0.5, 0.6) is 0 Å². The van der Waals surface area contributed by atoms with Crippen LogP contribution in [-0.4, -0.2) is 68.0 Å². The van der Waals surface area contributed by atoms with Crippen LogP contribution in [0.1, 0.15) is 65.2 Å². The maximum Gasteiger partial charge on any atom is 0.100 e. The topological polar surface area (TPSA) is 129 Å². The lowest BCUT2D eigenvalue weighted by Gasteiger charge is -2.00. The number of unbranched alkanes of at least 4 members (excludes halogenated alkanes) is 7. The molecule has 0 aromatic rings. The van der Waals surface area contributed by atoms with Crippen molar-refractivity contribution in [3.8, 4) is 0 Å². The second-order valence-corrected chi connectivity index (χ2v) is 6.64. The molecular weight excluding hydrogens is 320 g/mol. The van der Waals surface area contributed by atoms with Gasteiger partial charge in [0.25, 0.3) is 0 Å². The smallest absolute Gasteiger partial charge is 0.100 e. The second-order valence-electron chi connectivity index (χ2n) is 5.09. The number of rotatable bonds is 11. The van der Waals surface area contributed by atoms with E-state index < -0.39 is 16.9 Å². The Balaban J connectivity index is -0.000000151. The Morgan fingerprint density at radius 3 is 1.43 bits per heavy atom. The van der Waals surface area contributed by atoms with Crippen LogP contribution in [0.2, 0.25) is 0 Å².